The van der Waals surface area contributed by atoms with Gasteiger partial charge < -0.3 is 15.0 Å². The number of benzene rings is 2. The van der Waals surface area contributed by atoms with Gasteiger partial charge in [0.25, 0.3) is 5.91 Å². The lowest BCUT2D eigenvalue weighted by Gasteiger charge is -2.30. The maximum absolute atomic E-state index is 13.3. The number of carbonyl (C=O) groups is 2. The van der Waals surface area contributed by atoms with Crippen LogP contribution in [-0.2, 0) is 16.1 Å². The minimum atomic E-state index is -0.630. The number of rotatable bonds is 9. The first-order valence-corrected chi connectivity index (χ1v) is 9.88. The Balaban J connectivity index is 2.21. The highest BCUT2D eigenvalue weighted by Gasteiger charge is 2.28. The van der Waals surface area contributed by atoms with Gasteiger partial charge in [-0.1, -0.05) is 31.2 Å². The zero-order valence-corrected chi connectivity index (χ0v) is 17.5. The Labute approximate surface area is 171 Å². The van der Waals surface area contributed by atoms with E-state index in [2.05, 4.69) is 5.32 Å². The molecule has 1 unspecified atom stereocenters. The van der Waals surface area contributed by atoms with E-state index in [1.54, 1.807) is 12.1 Å². The van der Waals surface area contributed by atoms with Gasteiger partial charge >= 0.3 is 0 Å². The largest absolute Gasteiger partial charge is 0.483 e. The van der Waals surface area contributed by atoms with E-state index >= 15 is 0 Å². The van der Waals surface area contributed by atoms with E-state index in [9.17, 15) is 14.0 Å². The lowest BCUT2D eigenvalue weighted by Crippen LogP contribution is -2.50. The van der Waals surface area contributed by atoms with Gasteiger partial charge in [-0.2, -0.15) is 0 Å². The van der Waals surface area contributed by atoms with Crippen LogP contribution >= 0.6 is 0 Å². The van der Waals surface area contributed by atoms with Crippen molar-refractivity contribution in [3.8, 4) is 5.75 Å². The number of nitrogens with zero attached hydrogens (tertiary/aromatic N) is 1. The molecule has 0 bridgehead atoms. The van der Waals surface area contributed by atoms with Crippen molar-refractivity contribution in [2.75, 3.05) is 13.2 Å². The molecule has 29 heavy (non-hydrogen) atoms. The van der Waals surface area contributed by atoms with Gasteiger partial charge in [0.2, 0.25) is 5.91 Å². The van der Waals surface area contributed by atoms with Gasteiger partial charge in [-0.15, -0.1) is 0 Å². The molecule has 0 aliphatic rings. The lowest BCUT2D eigenvalue weighted by molar-refractivity contribution is -0.142. The molecule has 0 radical (unpaired) electrons. The molecule has 0 heterocycles. The third-order valence-corrected chi connectivity index (χ3v) is 4.91. The lowest BCUT2D eigenvalue weighted by atomic mass is 10.1. The molecule has 0 spiro atoms. The van der Waals surface area contributed by atoms with Gasteiger partial charge in [0.15, 0.2) is 6.61 Å². The zero-order chi connectivity index (χ0) is 21.4. The van der Waals surface area contributed by atoms with Crippen LogP contribution in [0.5, 0.6) is 5.75 Å². The van der Waals surface area contributed by atoms with Crippen LogP contribution in [0.1, 0.15) is 37.0 Å². The number of nitrogens with one attached hydrogen (secondary N) is 1. The third-order valence-electron chi connectivity index (χ3n) is 4.91. The second-order valence-electron chi connectivity index (χ2n) is 6.95. The predicted molar refractivity (Wildman–Crippen MR) is 111 cm³/mol. The molecule has 0 aromatic heterocycles. The summed E-state index contributed by atoms with van der Waals surface area (Å²) >= 11 is 0. The van der Waals surface area contributed by atoms with Crippen molar-refractivity contribution >= 4 is 11.8 Å². The molecule has 0 fully saturated rings. The van der Waals surface area contributed by atoms with E-state index in [0.717, 1.165) is 16.7 Å². The van der Waals surface area contributed by atoms with Gasteiger partial charge in [-0.25, -0.2) is 4.39 Å². The Kier molecular flexibility index (Phi) is 8.19. The monoisotopic (exact) mass is 400 g/mol. The highest BCUT2D eigenvalue weighted by atomic mass is 19.1. The summed E-state index contributed by atoms with van der Waals surface area (Å²) in [6.45, 7) is 8.11. The molecule has 6 heteroatoms. The van der Waals surface area contributed by atoms with Crippen LogP contribution in [-0.4, -0.2) is 35.9 Å². The third kappa shape index (κ3) is 6.04. The van der Waals surface area contributed by atoms with Crippen LogP contribution in [0.25, 0.3) is 0 Å². The number of amides is 2. The summed E-state index contributed by atoms with van der Waals surface area (Å²) in [4.78, 5) is 27.1. The fraction of sp³-hybridized carbons (Fsp3) is 0.391. The molecule has 0 aliphatic heterocycles. The van der Waals surface area contributed by atoms with Crippen LogP contribution in [0.15, 0.2) is 42.5 Å². The van der Waals surface area contributed by atoms with Gasteiger partial charge in [-0.3, -0.25) is 9.59 Å². The Hall–Kier alpha value is -2.89. The van der Waals surface area contributed by atoms with Crippen molar-refractivity contribution in [3.05, 3.63) is 65.0 Å². The van der Waals surface area contributed by atoms with E-state index in [1.165, 1.54) is 17.0 Å². The van der Waals surface area contributed by atoms with Gasteiger partial charge in [0.05, 0.1) is 0 Å². The standard InChI is InChI=1S/C23H29FN2O3/c1-5-20(23(28)25-6-2)26(14-18-10-12-19(24)13-11-18)22(27)15-29-21-9-7-8-16(3)17(21)4/h7-13,20H,5-6,14-15H2,1-4H3,(H,25,28). The van der Waals surface area contributed by atoms with Gasteiger partial charge in [-0.05, 0) is 62.1 Å². The van der Waals surface area contributed by atoms with Crippen LogP contribution in [0.2, 0.25) is 0 Å². The molecule has 2 aromatic carbocycles. The Morgan fingerprint density at radius 1 is 1.10 bits per heavy atom. The van der Waals surface area contributed by atoms with Crippen LogP contribution in [0.4, 0.5) is 4.39 Å². The first kappa shape index (κ1) is 22.4. The van der Waals surface area contributed by atoms with Crippen molar-refractivity contribution < 1.29 is 18.7 Å². The predicted octanol–water partition coefficient (Wildman–Crippen LogP) is 3.76. The first-order valence-electron chi connectivity index (χ1n) is 9.88. The molecule has 156 valence electrons. The average molecular weight is 400 g/mol. The summed E-state index contributed by atoms with van der Waals surface area (Å²) in [7, 11) is 0. The van der Waals surface area contributed by atoms with E-state index in [4.69, 9.17) is 4.74 Å². The van der Waals surface area contributed by atoms with Crippen molar-refractivity contribution in [1.82, 2.24) is 10.2 Å². The van der Waals surface area contributed by atoms with Crippen molar-refractivity contribution in [2.24, 2.45) is 0 Å². The quantitative estimate of drug-likeness (QED) is 0.697. The second kappa shape index (κ2) is 10.6. The number of carbonyl (C=O) groups excluding carboxylic acids is 2. The molecule has 2 amide bonds. The average Bonchev–Trinajstić information content (AvgIpc) is 2.70. The topological polar surface area (TPSA) is 58.6 Å². The Morgan fingerprint density at radius 2 is 1.79 bits per heavy atom. The van der Waals surface area contributed by atoms with Gasteiger partial charge in [0.1, 0.15) is 17.6 Å². The number of hydrogen-bond donors (Lipinski definition) is 1. The summed E-state index contributed by atoms with van der Waals surface area (Å²) < 4.78 is 19.0. The Morgan fingerprint density at radius 3 is 2.41 bits per heavy atom. The maximum atomic E-state index is 13.3. The van der Waals surface area contributed by atoms with Gasteiger partial charge in [0, 0.05) is 13.1 Å². The van der Waals surface area contributed by atoms with E-state index in [0.29, 0.717) is 18.7 Å². The molecule has 1 N–H and O–H groups in total. The normalized spacial score (nSPS) is 11.6. The number of hydrogen-bond acceptors (Lipinski definition) is 3. The fourth-order valence-corrected chi connectivity index (χ4v) is 3.10. The molecular formula is C23H29FN2O3. The number of halogens is 1. The van der Waals surface area contributed by atoms with E-state index in [-0.39, 0.29) is 30.8 Å². The molecule has 0 saturated carbocycles. The van der Waals surface area contributed by atoms with Crippen LogP contribution in [0, 0.1) is 19.7 Å². The molecule has 1 atom stereocenters. The zero-order valence-electron chi connectivity index (χ0n) is 17.5. The molecule has 0 saturated heterocycles. The molecule has 0 aliphatic carbocycles. The maximum Gasteiger partial charge on any atom is 0.261 e. The minimum absolute atomic E-state index is 0.179. The van der Waals surface area contributed by atoms with Crippen LogP contribution < -0.4 is 10.1 Å². The summed E-state index contributed by atoms with van der Waals surface area (Å²) in [6, 6.07) is 11.0. The van der Waals surface area contributed by atoms with Crippen molar-refractivity contribution in [2.45, 2.75) is 46.7 Å². The highest BCUT2D eigenvalue weighted by molar-refractivity contribution is 5.88. The Bertz CT molecular complexity index is 837. The van der Waals surface area contributed by atoms with E-state index < -0.39 is 6.04 Å². The fourth-order valence-electron chi connectivity index (χ4n) is 3.10. The summed E-state index contributed by atoms with van der Waals surface area (Å²) in [5.41, 5.74) is 2.79. The molecule has 5 nitrogen and oxygen atoms in total. The highest BCUT2D eigenvalue weighted by Crippen LogP contribution is 2.21. The summed E-state index contributed by atoms with van der Waals surface area (Å²) in [5, 5.41) is 2.78. The SMILES string of the molecule is CCNC(=O)C(CC)N(Cc1ccc(F)cc1)C(=O)COc1cccc(C)c1C. The second-order valence-corrected chi connectivity index (χ2v) is 6.95. The summed E-state index contributed by atoms with van der Waals surface area (Å²) in [5.74, 6) is -0.211. The minimum Gasteiger partial charge on any atom is -0.483 e. The summed E-state index contributed by atoms with van der Waals surface area (Å²) in [6.07, 6.45) is 0.461. The first-order chi connectivity index (χ1) is 13.9. The van der Waals surface area contributed by atoms with E-state index in [1.807, 2.05) is 45.9 Å². The number of likely N-dealkylation sites (N-methyl/N-ethyl adjacent to an activating group) is 1. The molecular weight excluding hydrogens is 371 g/mol. The number of aryl methyl sites for hydroxylation is 1. The van der Waals surface area contributed by atoms with Crippen LogP contribution in [0.3, 0.4) is 0 Å². The van der Waals surface area contributed by atoms with Crippen molar-refractivity contribution in [3.63, 3.8) is 0 Å². The smallest absolute Gasteiger partial charge is 0.261 e. The number of ether oxygens (including phenoxy) is 1. The van der Waals surface area contributed by atoms with Crippen molar-refractivity contribution in [1.29, 1.82) is 0 Å². The molecule has 2 rings (SSSR count). The molecule has 2 aromatic rings.